The third kappa shape index (κ3) is 3.86. The summed E-state index contributed by atoms with van der Waals surface area (Å²) < 4.78 is 26.1. The highest BCUT2D eigenvalue weighted by Gasteiger charge is 2.66. The molecule has 7 rings (SSSR count). The number of amides is 4. The first-order valence-electron chi connectivity index (χ1n) is 14.5. The van der Waals surface area contributed by atoms with Gasteiger partial charge in [-0.15, -0.1) is 0 Å². The number of halogens is 1. The van der Waals surface area contributed by atoms with Crippen LogP contribution in [0, 0.1) is 40.4 Å². The summed E-state index contributed by atoms with van der Waals surface area (Å²) in [6.07, 6.45) is 2.15. The van der Waals surface area contributed by atoms with Gasteiger partial charge in [-0.2, -0.15) is 5.26 Å². The van der Waals surface area contributed by atoms with E-state index in [2.05, 4.69) is 21.7 Å². The van der Waals surface area contributed by atoms with E-state index in [4.69, 9.17) is 9.47 Å². The van der Waals surface area contributed by atoms with Crippen molar-refractivity contribution in [3.8, 4) is 11.8 Å². The lowest BCUT2D eigenvalue weighted by atomic mass is 9.77. The fourth-order valence-electron chi connectivity index (χ4n) is 8.28. The van der Waals surface area contributed by atoms with E-state index >= 15 is 4.39 Å². The van der Waals surface area contributed by atoms with Gasteiger partial charge in [0.05, 0.1) is 19.7 Å². The SMILES string of the molecule is COC(=O)NC(C(=O)N1CC2C3CC(F)C(C3)C2C1C(=O)N1CC2(CC1C#N)Oc1cccnc1NC2=O)C1(C)CC1. The number of fused-ring (bicyclic) bond motifs is 6. The summed E-state index contributed by atoms with van der Waals surface area (Å²) in [5, 5.41) is 15.5. The highest BCUT2D eigenvalue weighted by atomic mass is 19.1. The number of alkyl halides is 1. The maximum absolute atomic E-state index is 15.2. The van der Waals surface area contributed by atoms with Crippen LogP contribution < -0.4 is 15.4 Å². The second-order valence-electron chi connectivity index (χ2n) is 13.0. The van der Waals surface area contributed by atoms with E-state index in [1.54, 1.807) is 12.1 Å². The molecule has 1 aromatic rings. The number of nitrogens with one attached hydrogen (secondary N) is 2. The maximum Gasteiger partial charge on any atom is 0.407 e. The first kappa shape index (κ1) is 26.9. The molecule has 9 unspecified atom stereocenters. The Morgan fingerprint density at radius 2 is 2.07 bits per heavy atom. The summed E-state index contributed by atoms with van der Waals surface area (Å²) >= 11 is 0. The summed E-state index contributed by atoms with van der Waals surface area (Å²) in [7, 11) is 1.22. The van der Waals surface area contributed by atoms with Gasteiger partial charge >= 0.3 is 6.09 Å². The maximum atomic E-state index is 15.2. The number of pyridine rings is 1. The summed E-state index contributed by atoms with van der Waals surface area (Å²) in [6, 6.07) is 2.53. The number of aromatic nitrogens is 1. The minimum absolute atomic E-state index is 0.0553. The molecule has 5 fully saturated rings. The van der Waals surface area contributed by atoms with E-state index in [0.29, 0.717) is 18.6 Å². The van der Waals surface area contributed by atoms with Gasteiger partial charge in [0.15, 0.2) is 11.6 Å². The summed E-state index contributed by atoms with van der Waals surface area (Å²) in [5.41, 5.74) is -1.99. The number of likely N-dealkylation sites (tertiary alicyclic amines) is 2. The number of hydrogen-bond acceptors (Lipinski definition) is 8. The molecule has 3 saturated carbocycles. The van der Waals surface area contributed by atoms with Crippen LogP contribution in [0.5, 0.6) is 5.75 Å². The summed E-state index contributed by atoms with van der Waals surface area (Å²) in [6.45, 7) is 1.98. The molecule has 13 heteroatoms. The van der Waals surface area contributed by atoms with E-state index in [9.17, 15) is 24.4 Å². The first-order chi connectivity index (χ1) is 20.1. The molecule has 2 N–H and O–H groups in total. The zero-order chi connectivity index (χ0) is 29.6. The molecule has 4 amide bonds. The Hall–Kier alpha value is -3.95. The molecule has 2 bridgehead atoms. The molecule has 42 heavy (non-hydrogen) atoms. The van der Waals surface area contributed by atoms with Crippen LogP contribution in [-0.2, 0) is 19.1 Å². The summed E-state index contributed by atoms with van der Waals surface area (Å²) in [4.78, 5) is 61.3. The first-order valence-corrected chi connectivity index (χ1v) is 14.5. The number of anilines is 1. The Kier molecular flexibility index (Phi) is 5.94. The molecule has 4 heterocycles. The predicted octanol–water partition coefficient (Wildman–Crippen LogP) is 1.62. The topological polar surface area (TPSA) is 154 Å². The quantitative estimate of drug-likeness (QED) is 0.545. The average molecular weight is 581 g/mol. The molecule has 1 aromatic heterocycles. The molecule has 222 valence electrons. The lowest BCUT2D eigenvalue weighted by molar-refractivity contribution is -0.148. The Bertz CT molecular complexity index is 1410. The molecule has 3 aliphatic heterocycles. The molecular formula is C29H33FN6O6. The lowest BCUT2D eigenvalue weighted by Crippen LogP contribution is -2.59. The van der Waals surface area contributed by atoms with Gasteiger partial charge in [-0.3, -0.25) is 14.4 Å². The zero-order valence-electron chi connectivity index (χ0n) is 23.4. The van der Waals surface area contributed by atoms with Gasteiger partial charge in [0.2, 0.25) is 17.4 Å². The van der Waals surface area contributed by atoms with Gasteiger partial charge in [-0.25, -0.2) is 14.2 Å². The number of ether oxygens (including phenoxy) is 2. The molecule has 2 saturated heterocycles. The Morgan fingerprint density at radius 3 is 2.79 bits per heavy atom. The predicted molar refractivity (Wildman–Crippen MR) is 142 cm³/mol. The molecule has 9 atom stereocenters. The van der Waals surface area contributed by atoms with Crippen LogP contribution >= 0.6 is 0 Å². The van der Waals surface area contributed by atoms with E-state index in [-0.39, 0.29) is 43.1 Å². The lowest BCUT2D eigenvalue weighted by Gasteiger charge is -2.37. The minimum Gasteiger partial charge on any atom is -0.472 e. The third-order valence-corrected chi connectivity index (χ3v) is 10.7. The van der Waals surface area contributed by atoms with E-state index in [1.165, 1.54) is 23.1 Å². The Balaban J connectivity index is 1.22. The zero-order valence-corrected chi connectivity index (χ0v) is 23.4. The Labute approximate surface area is 241 Å². The summed E-state index contributed by atoms with van der Waals surface area (Å²) in [5.74, 6) is -1.60. The number of rotatable bonds is 4. The van der Waals surface area contributed by atoms with Crippen LogP contribution in [0.25, 0.3) is 0 Å². The molecule has 12 nitrogen and oxygen atoms in total. The number of carbonyl (C=O) groups is 4. The fourth-order valence-corrected chi connectivity index (χ4v) is 8.28. The highest BCUT2D eigenvalue weighted by Crippen LogP contribution is 2.59. The van der Waals surface area contributed by atoms with E-state index in [0.717, 1.165) is 12.8 Å². The number of nitrogens with zero attached hydrogens (tertiary/aromatic N) is 4. The number of alkyl carbamates (subject to hydrolysis) is 1. The normalized spacial score (nSPS) is 37.3. The van der Waals surface area contributed by atoms with Crippen molar-refractivity contribution in [3.05, 3.63) is 18.3 Å². The average Bonchev–Trinajstić information content (AvgIpc) is 3.32. The van der Waals surface area contributed by atoms with Crippen LogP contribution in [0.15, 0.2) is 18.3 Å². The van der Waals surface area contributed by atoms with Gasteiger partial charge < -0.3 is 29.9 Å². The van der Waals surface area contributed by atoms with Crippen molar-refractivity contribution >= 4 is 29.6 Å². The molecule has 3 aliphatic carbocycles. The van der Waals surface area contributed by atoms with Crippen molar-refractivity contribution < 1.29 is 33.0 Å². The Morgan fingerprint density at radius 1 is 1.29 bits per heavy atom. The van der Waals surface area contributed by atoms with Crippen molar-refractivity contribution in [2.75, 3.05) is 25.5 Å². The van der Waals surface area contributed by atoms with E-state index < -0.39 is 65.0 Å². The fraction of sp³-hybridized carbons (Fsp3) is 0.655. The van der Waals surface area contributed by atoms with Crippen LogP contribution in [0.2, 0.25) is 0 Å². The molecular weight excluding hydrogens is 547 g/mol. The monoisotopic (exact) mass is 580 g/mol. The second kappa shape index (κ2) is 9.28. The van der Waals surface area contributed by atoms with Crippen LogP contribution in [0.1, 0.15) is 39.0 Å². The van der Waals surface area contributed by atoms with E-state index in [1.807, 2.05) is 6.92 Å². The van der Waals surface area contributed by atoms with Gasteiger partial charge in [-0.05, 0) is 66.9 Å². The van der Waals surface area contributed by atoms with Crippen molar-refractivity contribution in [2.24, 2.45) is 29.1 Å². The van der Waals surface area contributed by atoms with Crippen molar-refractivity contribution in [1.29, 1.82) is 5.26 Å². The molecule has 1 spiro atoms. The third-order valence-electron chi connectivity index (χ3n) is 10.7. The minimum atomic E-state index is -1.51. The second-order valence-corrected chi connectivity index (χ2v) is 13.0. The van der Waals surface area contributed by atoms with Gasteiger partial charge in [0.1, 0.15) is 24.3 Å². The van der Waals surface area contributed by atoms with Crippen LogP contribution in [-0.4, -0.2) is 88.7 Å². The standard InChI is InChI=1S/C29H33FN6O6/c1-28(5-6-28)22(33-27(40)41-2)25(38)35-12-17-14-8-16(18(30)9-14)20(17)21(35)24(37)36-13-29(10-15(36)11-31)26(39)34-23-19(42-29)4-3-7-32-23/h3-4,7,14-18,20-22H,5-6,8-10,12-13H2,1-2H3,(H,33,40)(H,32,34,39). The molecule has 6 aliphatic rings. The van der Waals surface area contributed by atoms with Crippen molar-refractivity contribution in [3.63, 3.8) is 0 Å². The largest absolute Gasteiger partial charge is 0.472 e. The molecule has 0 radical (unpaired) electrons. The van der Waals surface area contributed by atoms with Crippen LogP contribution in [0.3, 0.4) is 0 Å². The molecule has 0 aromatic carbocycles. The number of carbonyl (C=O) groups excluding carboxylic acids is 4. The van der Waals surface area contributed by atoms with Crippen LogP contribution in [0.4, 0.5) is 15.0 Å². The smallest absolute Gasteiger partial charge is 0.407 e. The van der Waals surface area contributed by atoms with Gasteiger partial charge in [-0.1, -0.05) is 6.92 Å². The number of hydrogen-bond donors (Lipinski definition) is 2. The number of methoxy groups -OCH3 is 1. The van der Waals surface area contributed by atoms with Gasteiger partial charge in [0.25, 0.3) is 5.91 Å². The van der Waals surface area contributed by atoms with Crippen molar-refractivity contribution in [1.82, 2.24) is 20.1 Å². The number of nitriles is 1. The van der Waals surface area contributed by atoms with Crippen molar-refractivity contribution in [2.45, 2.75) is 68.9 Å². The highest BCUT2D eigenvalue weighted by molar-refractivity contribution is 6.01. The van der Waals surface area contributed by atoms with Gasteiger partial charge in [0, 0.05) is 19.2 Å².